The molecule has 0 aliphatic rings. The van der Waals surface area contributed by atoms with Crippen LogP contribution in [0.2, 0.25) is 5.02 Å². The molecule has 0 bridgehead atoms. The predicted octanol–water partition coefficient (Wildman–Crippen LogP) is 3.52. The van der Waals surface area contributed by atoms with Crippen molar-refractivity contribution in [3.05, 3.63) is 80.0 Å². The van der Waals surface area contributed by atoms with Crippen LogP contribution in [-0.4, -0.2) is 34.3 Å². The Bertz CT molecular complexity index is 1310. The minimum Gasteiger partial charge on any atom is -0.406 e. The Hall–Kier alpha value is -3.64. The van der Waals surface area contributed by atoms with E-state index >= 15 is 0 Å². The maximum Gasteiger partial charge on any atom is 0.573 e. The second-order valence-corrected chi connectivity index (χ2v) is 8.04. The van der Waals surface area contributed by atoms with E-state index in [0.717, 1.165) is 16.7 Å². The minimum absolute atomic E-state index is 0.0380. The lowest BCUT2D eigenvalue weighted by Crippen LogP contribution is -2.44. The molecule has 0 atom stereocenters. The van der Waals surface area contributed by atoms with Crippen LogP contribution in [0.5, 0.6) is 11.5 Å². The highest BCUT2D eigenvalue weighted by molar-refractivity contribution is 6.30. The van der Waals surface area contributed by atoms with Gasteiger partial charge in [0.2, 0.25) is 0 Å². The molecule has 0 unspecified atom stereocenters. The molecule has 1 aromatic heterocycles. The van der Waals surface area contributed by atoms with Gasteiger partial charge in [-0.2, -0.15) is 5.06 Å². The second kappa shape index (κ2) is 11.4. The Morgan fingerprint density at radius 2 is 1.78 bits per heavy atom. The quantitative estimate of drug-likeness (QED) is 0.389. The van der Waals surface area contributed by atoms with Crippen LogP contribution in [0.4, 0.5) is 24.7 Å². The molecular weight excluding hydrogens is 505 g/mol. The number of benzene rings is 2. The van der Waals surface area contributed by atoms with E-state index in [1.807, 2.05) is 0 Å². The van der Waals surface area contributed by atoms with Gasteiger partial charge in [0.1, 0.15) is 11.6 Å². The molecule has 3 rings (SSSR count). The molecule has 13 heteroatoms. The summed E-state index contributed by atoms with van der Waals surface area (Å²) >= 11 is 5.97. The minimum atomic E-state index is -4.90. The molecule has 0 spiro atoms. The number of anilines is 2. The smallest absolute Gasteiger partial charge is 0.406 e. The van der Waals surface area contributed by atoms with Crippen LogP contribution < -0.4 is 31.2 Å². The molecule has 0 amide bonds. The maximum absolute atomic E-state index is 13.5. The number of rotatable bonds is 10. The molecule has 194 valence electrons. The SMILES string of the molecule is CNc1c(N(Cc2ccc(Cl)cc2)Oc2cccc(OC(F)(F)F)c2)c(=O)n(CCCO)c(=O)n1C. The summed E-state index contributed by atoms with van der Waals surface area (Å²) in [5, 5.41) is 13.7. The number of nitrogens with zero attached hydrogens (tertiary/aromatic N) is 3. The summed E-state index contributed by atoms with van der Waals surface area (Å²) in [7, 11) is 2.96. The van der Waals surface area contributed by atoms with Crippen molar-refractivity contribution >= 4 is 23.1 Å². The summed E-state index contributed by atoms with van der Waals surface area (Å²) in [6.45, 7) is -0.331. The van der Waals surface area contributed by atoms with Crippen LogP contribution in [0.3, 0.4) is 0 Å². The topological polar surface area (TPSA) is 98.0 Å². The van der Waals surface area contributed by atoms with Gasteiger partial charge in [0.15, 0.2) is 11.4 Å². The molecule has 0 saturated heterocycles. The first-order valence-electron chi connectivity index (χ1n) is 10.7. The molecule has 0 saturated carbocycles. The zero-order chi connectivity index (χ0) is 26.5. The lowest BCUT2D eigenvalue weighted by Gasteiger charge is -2.27. The average molecular weight is 529 g/mol. The molecule has 9 nitrogen and oxygen atoms in total. The molecule has 36 heavy (non-hydrogen) atoms. The Morgan fingerprint density at radius 1 is 1.11 bits per heavy atom. The van der Waals surface area contributed by atoms with Crippen molar-refractivity contribution < 1.29 is 27.9 Å². The summed E-state index contributed by atoms with van der Waals surface area (Å²) in [5.41, 5.74) is -0.755. The number of hydrogen-bond acceptors (Lipinski definition) is 7. The summed E-state index contributed by atoms with van der Waals surface area (Å²) in [4.78, 5) is 32.2. The van der Waals surface area contributed by atoms with Crippen molar-refractivity contribution in [2.75, 3.05) is 24.0 Å². The third-order valence-electron chi connectivity index (χ3n) is 5.05. The zero-order valence-corrected chi connectivity index (χ0v) is 20.1. The van der Waals surface area contributed by atoms with Gasteiger partial charge in [0.05, 0.1) is 6.54 Å². The highest BCUT2D eigenvalue weighted by atomic mass is 35.5. The highest BCUT2D eigenvalue weighted by Gasteiger charge is 2.31. The summed E-state index contributed by atoms with van der Waals surface area (Å²) in [6, 6.07) is 11.5. The lowest BCUT2D eigenvalue weighted by atomic mass is 10.2. The molecular formula is C23H24ClF3N4O5. The molecule has 3 aromatic rings. The van der Waals surface area contributed by atoms with Gasteiger partial charge < -0.3 is 20.0 Å². The number of aliphatic hydroxyl groups excluding tert-OH is 1. The van der Waals surface area contributed by atoms with E-state index in [9.17, 15) is 27.9 Å². The molecule has 0 aliphatic heterocycles. The number of aliphatic hydroxyl groups is 1. The number of alkyl halides is 3. The monoisotopic (exact) mass is 528 g/mol. The van der Waals surface area contributed by atoms with Gasteiger partial charge in [-0.25, -0.2) is 4.79 Å². The Labute approximate surface area is 208 Å². The highest BCUT2D eigenvalue weighted by Crippen LogP contribution is 2.29. The number of hydroxylamine groups is 1. The van der Waals surface area contributed by atoms with Crippen LogP contribution in [0.15, 0.2) is 58.1 Å². The first kappa shape index (κ1) is 27.0. The number of ether oxygens (including phenoxy) is 1. The number of aromatic nitrogens is 2. The van der Waals surface area contributed by atoms with Crippen molar-refractivity contribution in [2.45, 2.75) is 25.9 Å². The van der Waals surface area contributed by atoms with Gasteiger partial charge in [-0.15, -0.1) is 13.2 Å². The van der Waals surface area contributed by atoms with Gasteiger partial charge in [-0.3, -0.25) is 13.9 Å². The lowest BCUT2D eigenvalue weighted by molar-refractivity contribution is -0.274. The largest absolute Gasteiger partial charge is 0.573 e. The van der Waals surface area contributed by atoms with Gasteiger partial charge in [-0.05, 0) is 36.2 Å². The van der Waals surface area contributed by atoms with Gasteiger partial charge in [0, 0.05) is 38.3 Å². The average Bonchev–Trinajstić information content (AvgIpc) is 2.81. The first-order valence-corrected chi connectivity index (χ1v) is 11.1. The van der Waals surface area contributed by atoms with Crippen molar-refractivity contribution in [3.63, 3.8) is 0 Å². The van der Waals surface area contributed by atoms with Crippen LogP contribution >= 0.6 is 11.6 Å². The fraction of sp³-hybridized carbons (Fsp3) is 0.304. The van der Waals surface area contributed by atoms with Crippen LogP contribution in [0.25, 0.3) is 0 Å². The number of halogens is 4. The van der Waals surface area contributed by atoms with Gasteiger partial charge in [0.25, 0.3) is 5.56 Å². The third-order valence-corrected chi connectivity index (χ3v) is 5.30. The van der Waals surface area contributed by atoms with Gasteiger partial charge >= 0.3 is 12.1 Å². The Morgan fingerprint density at radius 3 is 2.39 bits per heavy atom. The van der Waals surface area contributed by atoms with Crippen molar-refractivity contribution in [1.29, 1.82) is 0 Å². The Balaban J connectivity index is 2.14. The van der Waals surface area contributed by atoms with Crippen molar-refractivity contribution in [2.24, 2.45) is 7.05 Å². The number of nitrogens with one attached hydrogen (secondary N) is 1. The second-order valence-electron chi connectivity index (χ2n) is 7.60. The van der Waals surface area contributed by atoms with Crippen LogP contribution in [-0.2, 0) is 20.1 Å². The van der Waals surface area contributed by atoms with E-state index in [0.29, 0.717) is 10.6 Å². The van der Waals surface area contributed by atoms with E-state index < -0.39 is 23.4 Å². The van der Waals surface area contributed by atoms with Crippen LogP contribution in [0, 0.1) is 0 Å². The fourth-order valence-electron chi connectivity index (χ4n) is 3.46. The molecule has 0 fully saturated rings. The van der Waals surface area contributed by atoms with Gasteiger partial charge in [-0.1, -0.05) is 29.8 Å². The molecule has 2 aromatic carbocycles. The zero-order valence-electron chi connectivity index (χ0n) is 19.4. The van der Waals surface area contributed by atoms with E-state index in [1.54, 1.807) is 24.3 Å². The van der Waals surface area contributed by atoms with E-state index in [1.165, 1.54) is 35.9 Å². The predicted molar refractivity (Wildman–Crippen MR) is 129 cm³/mol. The van der Waals surface area contributed by atoms with E-state index in [2.05, 4.69) is 10.1 Å². The van der Waals surface area contributed by atoms with Crippen molar-refractivity contribution in [1.82, 2.24) is 9.13 Å². The molecule has 2 N–H and O–H groups in total. The molecule has 0 radical (unpaired) electrons. The summed E-state index contributed by atoms with van der Waals surface area (Å²) in [5.74, 6) is -0.453. The van der Waals surface area contributed by atoms with E-state index in [4.69, 9.17) is 16.4 Å². The summed E-state index contributed by atoms with van der Waals surface area (Å²) in [6.07, 6.45) is -4.75. The Kier molecular flexibility index (Phi) is 8.53. The normalized spacial score (nSPS) is 11.3. The molecule has 1 heterocycles. The van der Waals surface area contributed by atoms with Crippen LogP contribution in [0.1, 0.15) is 12.0 Å². The third kappa shape index (κ3) is 6.52. The van der Waals surface area contributed by atoms with E-state index in [-0.39, 0.29) is 43.4 Å². The fourth-order valence-corrected chi connectivity index (χ4v) is 3.58. The molecule has 0 aliphatic carbocycles. The maximum atomic E-state index is 13.5. The first-order chi connectivity index (χ1) is 17.0. The number of hydrogen-bond donors (Lipinski definition) is 2. The summed E-state index contributed by atoms with van der Waals surface area (Å²) < 4.78 is 44.3. The standard InChI is InChI=1S/C23H24ClF3N4O5/c1-28-20-19(21(33)30(11-4-12-32)22(34)29(20)2)31(14-15-7-9-16(24)10-8-15)36-18-6-3-5-17(13-18)35-23(25,26)27/h3,5-10,13,28,32H,4,11-12,14H2,1-2H3. The van der Waals surface area contributed by atoms with Crippen molar-refractivity contribution in [3.8, 4) is 11.5 Å².